The first-order valence-electron chi connectivity index (χ1n) is 42.5. The van der Waals surface area contributed by atoms with Crippen LogP contribution in [0.25, 0.3) is 0 Å². The van der Waals surface area contributed by atoms with Crippen molar-refractivity contribution >= 4 is 11.9 Å². The van der Waals surface area contributed by atoms with Gasteiger partial charge < -0.3 is 20.3 Å². The van der Waals surface area contributed by atoms with E-state index in [1.54, 1.807) is 6.08 Å². The molecule has 0 saturated heterocycles. The van der Waals surface area contributed by atoms with Crippen LogP contribution < -0.4 is 5.32 Å². The molecule has 91 heavy (non-hydrogen) atoms. The van der Waals surface area contributed by atoms with Crippen molar-refractivity contribution in [2.24, 2.45) is 0 Å². The van der Waals surface area contributed by atoms with Gasteiger partial charge in [-0.25, -0.2) is 0 Å². The Hall–Kier alpha value is -1.40. The highest BCUT2D eigenvalue weighted by Gasteiger charge is 2.18. The summed E-state index contributed by atoms with van der Waals surface area (Å²) in [6.07, 6.45) is 104. The van der Waals surface area contributed by atoms with Crippen molar-refractivity contribution in [3.05, 3.63) is 12.2 Å². The Morgan fingerprint density at radius 2 is 0.505 bits per heavy atom. The van der Waals surface area contributed by atoms with Crippen molar-refractivity contribution in [3.63, 3.8) is 0 Å². The number of carbonyl (C=O) groups is 2. The van der Waals surface area contributed by atoms with Gasteiger partial charge in [0.15, 0.2) is 0 Å². The molecule has 0 aliphatic carbocycles. The quantitative estimate of drug-likeness (QED) is 0.0320. The lowest BCUT2D eigenvalue weighted by atomic mass is 10.0. The zero-order valence-corrected chi connectivity index (χ0v) is 62.4. The number of allylic oxidation sites excluding steroid dienone is 1. The molecule has 0 aromatic heterocycles. The van der Waals surface area contributed by atoms with Gasteiger partial charge in [-0.05, 0) is 32.1 Å². The normalized spacial score (nSPS) is 12.4. The first-order chi connectivity index (χ1) is 45.0. The average molecular weight is 1280 g/mol. The Morgan fingerprint density at radius 3 is 0.747 bits per heavy atom. The number of aliphatic hydroxyl groups excluding tert-OH is 2. The molecule has 6 nitrogen and oxygen atoms in total. The Morgan fingerprint density at radius 1 is 0.297 bits per heavy atom. The molecule has 0 radical (unpaired) electrons. The highest BCUT2D eigenvalue weighted by molar-refractivity contribution is 5.76. The van der Waals surface area contributed by atoms with Crippen LogP contribution in [-0.4, -0.2) is 47.4 Å². The Kier molecular flexibility index (Phi) is 79.8. The summed E-state index contributed by atoms with van der Waals surface area (Å²) in [5, 5.41) is 23.3. The molecule has 0 aliphatic heterocycles. The minimum Gasteiger partial charge on any atom is -0.466 e. The van der Waals surface area contributed by atoms with Gasteiger partial charge in [-0.15, -0.1) is 0 Å². The predicted molar refractivity (Wildman–Crippen MR) is 403 cm³/mol. The van der Waals surface area contributed by atoms with Gasteiger partial charge in [0, 0.05) is 12.8 Å². The van der Waals surface area contributed by atoms with Gasteiger partial charge in [-0.2, -0.15) is 0 Å². The molecule has 0 heterocycles. The van der Waals surface area contributed by atoms with Crippen LogP contribution in [0.15, 0.2) is 12.2 Å². The second kappa shape index (κ2) is 81.0. The number of esters is 1. The van der Waals surface area contributed by atoms with Crippen LogP contribution in [0, 0.1) is 0 Å². The van der Waals surface area contributed by atoms with E-state index < -0.39 is 12.1 Å². The topological polar surface area (TPSA) is 95.9 Å². The fourth-order valence-electron chi connectivity index (χ4n) is 13.9. The molecule has 2 unspecified atom stereocenters. The maximum atomic E-state index is 12.6. The van der Waals surface area contributed by atoms with Gasteiger partial charge >= 0.3 is 5.97 Å². The summed E-state index contributed by atoms with van der Waals surface area (Å²) in [5.74, 6) is -0.0304. The van der Waals surface area contributed by atoms with Crippen molar-refractivity contribution in [1.29, 1.82) is 0 Å². The number of unbranched alkanes of at least 4 members (excludes halogenated alkanes) is 70. The number of rotatable bonds is 81. The minimum absolute atomic E-state index is 0.0269. The number of amides is 1. The van der Waals surface area contributed by atoms with Gasteiger partial charge in [0.05, 0.1) is 25.4 Å². The van der Waals surface area contributed by atoms with Gasteiger partial charge in [-0.1, -0.05) is 463 Å². The number of aliphatic hydroxyl groups is 2. The summed E-state index contributed by atoms with van der Waals surface area (Å²) in [4.78, 5) is 24.7. The summed E-state index contributed by atoms with van der Waals surface area (Å²) in [5.41, 5.74) is 0. The third-order valence-corrected chi connectivity index (χ3v) is 20.3. The third kappa shape index (κ3) is 77.5. The highest BCUT2D eigenvalue weighted by Crippen LogP contribution is 2.21. The third-order valence-electron chi connectivity index (χ3n) is 20.3. The van der Waals surface area contributed by atoms with E-state index in [2.05, 4.69) is 19.2 Å². The average Bonchev–Trinajstić information content (AvgIpc) is 3.73. The first-order valence-corrected chi connectivity index (χ1v) is 42.5. The maximum absolute atomic E-state index is 12.6. The Labute approximate surface area is 571 Å². The molecule has 0 bridgehead atoms. The lowest BCUT2D eigenvalue weighted by molar-refractivity contribution is -0.143. The Balaban J connectivity index is 3.33. The van der Waals surface area contributed by atoms with Crippen LogP contribution in [0.4, 0.5) is 0 Å². The molecule has 0 fully saturated rings. The first kappa shape index (κ1) is 89.6. The standard InChI is InChI=1S/C85H167NO5/c1-3-5-7-9-11-13-15-17-19-21-23-24-25-36-39-42-45-49-53-57-61-65-69-73-77-83(88)82(81-87)86-84(89)78-74-70-66-62-58-54-50-46-43-40-37-34-32-30-28-26-27-29-31-33-35-38-41-44-48-52-56-60-64-68-72-76-80-91-85(90)79-75-71-67-63-59-55-51-47-22-20-18-16-14-12-10-8-6-4-2/h73,77,82-83,87-88H,3-72,74-76,78-81H2,1-2H3,(H,86,89)/b77-73+. The number of ether oxygens (including phenoxy) is 1. The number of hydrogen-bond acceptors (Lipinski definition) is 5. The molecule has 0 aromatic rings. The second-order valence-corrected chi connectivity index (χ2v) is 29.5. The Bertz CT molecular complexity index is 1380. The van der Waals surface area contributed by atoms with Gasteiger partial charge in [0.2, 0.25) is 5.91 Å². The van der Waals surface area contributed by atoms with Crippen molar-refractivity contribution in [2.75, 3.05) is 13.2 Å². The second-order valence-electron chi connectivity index (χ2n) is 29.5. The van der Waals surface area contributed by atoms with E-state index in [-0.39, 0.29) is 18.5 Å². The number of carbonyl (C=O) groups excluding carboxylic acids is 2. The molecule has 0 spiro atoms. The lowest BCUT2D eigenvalue weighted by Crippen LogP contribution is -2.45. The summed E-state index contributed by atoms with van der Waals surface area (Å²) >= 11 is 0. The van der Waals surface area contributed by atoms with Crippen molar-refractivity contribution in [2.45, 2.75) is 508 Å². The molecule has 542 valence electrons. The molecule has 0 saturated carbocycles. The number of nitrogens with one attached hydrogen (secondary N) is 1. The summed E-state index contributed by atoms with van der Waals surface area (Å²) in [6.45, 7) is 4.98. The highest BCUT2D eigenvalue weighted by atomic mass is 16.5. The van der Waals surface area contributed by atoms with Crippen LogP contribution in [-0.2, 0) is 14.3 Å². The van der Waals surface area contributed by atoms with Crippen LogP contribution in [0.3, 0.4) is 0 Å². The summed E-state index contributed by atoms with van der Waals surface area (Å²) in [7, 11) is 0. The van der Waals surface area contributed by atoms with Crippen molar-refractivity contribution in [3.8, 4) is 0 Å². The van der Waals surface area contributed by atoms with Gasteiger partial charge in [0.1, 0.15) is 0 Å². The fourth-order valence-corrected chi connectivity index (χ4v) is 13.9. The zero-order valence-electron chi connectivity index (χ0n) is 62.4. The van der Waals surface area contributed by atoms with E-state index in [1.165, 1.54) is 430 Å². The van der Waals surface area contributed by atoms with E-state index in [0.717, 1.165) is 38.5 Å². The monoisotopic (exact) mass is 1280 g/mol. The van der Waals surface area contributed by atoms with E-state index in [4.69, 9.17) is 4.74 Å². The van der Waals surface area contributed by atoms with Crippen molar-refractivity contribution < 1.29 is 24.5 Å². The van der Waals surface area contributed by atoms with Gasteiger partial charge in [0.25, 0.3) is 0 Å². The van der Waals surface area contributed by atoms with Crippen LogP contribution >= 0.6 is 0 Å². The molecular formula is C85H167NO5. The molecule has 6 heteroatoms. The van der Waals surface area contributed by atoms with Crippen LogP contribution in [0.5, 0.6) is 0 Å². The van der Waals surface area contributed by atoms with E-state index >= 15 is 0 Å². The molecule has 0 rings (SSSR count). The lowest BCUT2D eigenvalue weighted by Gasteiger charge is -2.20. The maximum Gasteiger partial charge on any atom is 0.305 e. The van der Waals surface area contributed by atoms with Crippen LogP contribution in [0.1, 0.15) is 495 Å². The molecule has 1 amide bonds. The number of hydrogen-bond donors (Lipinski definition) is 3. The molecule has 0 aromatic carbocycles. The predicted octanol–water partition coefficient (Wildman–Crippen LogP) is 28.2. The zero-order chi connectivity index (χ0) is 65.6. The SMILES string of the molecule is CCCCCCCCCCCCCCCCCCCCCCCC/C=C/C(O)C(CO)NC(=O)CCCCCCCCCCCCCCCCCCCCCCCCCCCCCCCCCCOC(=O)CCCCCCCCCCCCCCCCCCCC. The fraction of sp³-hybridized carbons (Fsp3) is 0.953. The molecule has 0 aliphatic rings. The molecular weight excluding hydrogens is 1110 g/mol. The largest absolute Gasteiger partial charge is 0.466 e. The van der Waals surface area contributed by atoms with E-state index in [1.807, 2.05) is 6.08 Å². The summed E-state index contributed by atoms with van der Waals surface area (Å²) < 4.78 is 5.52. The minimum atomic E-state index is -0.842. The summed E-state index contributed by atoms with van der Waals surface area (Å²) in [6, 6.07) is -0.625. The van der Waals surface area contributed by atoms with Gasteiger partial charge in [-0.3, -0.25) is 9.59 Å². The van der Waals surface area contributed by atoms with Crippen molar-refractivity contribution in [1.82, 2.24) is 5.32 Å². The van der Waals surface area contributed by atoms with Crippen LogP contribution in [0.2, 0.25) is 0 Å². The van der Waals surface area contributed by atoms with E-state index in [9.17, 15) is 19.8 Å². The molecule has 3 N–H and O–H groups in total. The van der Waals surface area contributed by atoms with E-state index in [0.29, 0.717) is 19.4 Å². The smallest absolute Gasteiger partial charge is 0.305 e. The molecule has 2 atom stereocenters.